The van der Waals surface area contributed by atoms with E-state index in [2.05, 4.69) is 42.5 Å². The summed E-state index contributed by atoms with van der Waals surface area (Å²) >= 11 is -1.64. The Balaban J connectivity index is 0.659. The molecule has 12 rings (SSSR count). The molecule has 1 aliphatic carbocycles. The number of hydrogen-bond donors (Lipinski definition) is 1. The van der Waals surface area contributed by atoms with E-state index in [4.69, 9.17) is 23.7 Å². The van der Waals surface area contributed by atoms with E-state index < -0.39 is 87.4 Å². The van der Waals surface area contributed by atoms with Crippen LogP contribution in [0.4, 0.5) is 26.3 Å². The quantitative estimate of drug-likeness (QED) is 0.0318. The maximum atomic E-state index is 15.4. The minimum atomic E-state index is -5.05. The average Bonchev–Trinajstić information content (AvgIpc) is 1.52. The van der Waals surface area contributed by atoms with Gasteiger partial charge in [0.05, 0.1) is 12.5 Å². The van der Waals surface area contributed by atoms with Crippen LogP contribution in [0.2, 0.25) is 0 Å². The zero-order chi connectivity index (χ0) is 64.5. The number of carbonyl (C=O) groups excluding carboxylic acids is 2. The normalized spacial score (nSPS) is 12.5. The molecule has 0 fully saturated rings. The Bertz CT molecular complexity index is 4700. The van der Waals surface area contributed by atoms with E-state index >= 15 is 26.3 Å². The first kappa shape index (κ1) is 62.2. The summed E-state index contributed by atoms with van der Waals surface area (Å²) in [5.41, 5.74) is 8.21. The second-order valence-electron chi connectivity index (χ2n) is 21.1. The van der Waals surface area contributed by atoms with Gasteiger partial charge in [-0.15, -0.1) is 0 Å². The van der Waals surface area contributed by atoms with Gasteiger partial charge in [-0.2, -0.15) is 26.0 Å². The molecule has 0 aromatic heterocycles. The zero-order valence-corrected chi connectivity index (χ0v) is 50.7. The molecule has 10 nitrogen and oxygen atoms in total. The van der Waals surface area contributed by atoms with Gasteiger partial charge >= 0.3 is 10.5 Å². The first-order valence-corrected chi connectivity index (χ1v) is 31.2. The van der Waals surface area contributed by atoms with Gasteiger partial charge in [-0.1, -0.05) is 103 Å². The van der Waals surface area contributed by atoms with Crippen LogP contribution in [0.1, 0.15) is 59.7 Å². The van der Waals surface area contributed by atoms with Crippen molar-refractivity contribution in [2.45, 2.75) is 37.5 Å². The topological polar surface area (TPSA) is 135 Å². The molecular weight excluding hydrogens is 1250 g/mol. The Kier molecular flexibility index (Phi) is 17.1. The fraction of sp³-hybridized carbons (Fsp3) is 0.0685. The zero-order valence-electron chi connectivity index (χ0n) is 48.3. The van der Waals surface area contributed by atoms with Crippen LogP contribution in [0.3, 0.4) is 0 Å². The van der Waals surface area contributed by atoms with Crippen molar-refractivity contribution in [3.05, 3.63) is 310 Å². The number of ether oxygens (including phenoxy) is 5. The number of benzene rings is 11. The minimum Gasteiger partial charge on any atom is -0.497 e. The van der Waals surface area contributed by atoms with Crippen molar-refractivity contribution in [3.63, 3.8) is 0 Å². The van der Waals surface area contributed by atoms with Gasteiger partial charge in [-0.3, -0.25) is 14.1 Å². The first-order chi connectivity index (χ1) is 44.1. The van der Waals surface area contributed by atoms with Gasteiger partial charge in [-0.05, 0) is 197 Å². The van der Waals surface area contributed by atoms with Crippen molar-refractivity contribution in [2.24, 2.45) is 0 Å². The predicted molar refractivity (Wildman–Crippen MR) is 339 cm³/mol. The minimum absolute atomic E-state index is 0.104. The molecule has 0 saturated heterocycles. The standard InChI is InChI=1S/C73H48F6O10S3/c1-44-17-19-45(20-18-44)69(80)46-25-31-53(32-26-46)88-58-33-36-65(68(43-58)92(82,83)84)89-57-35-38-67(64(75)42-57)91-73(78,79)72(76,77)90-66-37-34-56(41-63(66)74)87-52-29-23-48(24-30-52)70(81)47-21-27-51(28-22-47)86-55-12-8-10-50(40-55)71(49-9-7-11-54(39-49)85-2)61-15-5-3-13-59(61)60-14-4-6-16-62(60)71/h3-43H,1-2H3,(H,82,83,84). The number of thioether (sulfide) groups is 2. The van der Waals surface area contributed by atoms with E-state index in [1.54, 1.807) is 55.6 Å². The lowest BCUT2D eigenvalue weighted by atomic mass is 9.67. The molecule has 1 aliphatic rings. The van der Waals surface area contributed by atoms with Crippen LogP contribution in [0.5, 0.6) is 51.7 Å². The summed E-state index contributed by atoms with van der Waals surface area (Å²) < 4.78 is 156. The fourth-order valence-corrected chi connectivity index (χ4v) is 13.0. The van der Waals surface area contributed by atoms with E-state index in [0.717, 1.165) is 81.1 Å². The molecule has 0 spiro atoms. The van der Waals surface area contributed by atoms with Gasteiger partial charge in [0, 0.05) is 50.2 Å². The third-order valence-electron chi connectivity index (χ3n) is 15.1. The third-order valence-corrected chi connectivity index (χ3v) is 18.3. The highest BCUT2D eigenvalue weighted by Gasteiger charge is 2.59. The average molecular weight is 1300 g/mol. The van der Waals surface area contributed by atoms with Crippen LogP contribution in [0.15, 0.2) is 263 Å². The molecule has 11 aromatic rings. The van der Waals surface area contributed by atoms with Crippen LogP contribution in [-0.2, 0) is 15.5 Å². The number of methoxy groups -OCH3 is 1. The van der Waals surface area contributed by atoms with Gasteiger partial charge in [0.1, 0.15) is 68.3 Å². The number of fused-ring (bicyclic) bond motifs is 3. The van der Waals surface area contributed by atoms with Crippen molar-refractivity contribution in [3.8, 4) is 62.9 Å². The van der Waals surface area contributed by atoms with Gasteiger partial charge < -0.3 is 23.7 Å². The third kappa shape index (κ3) is 12.7. The summed E-state index contributed by atoms with van der Waals surface area (Å²) in [5, 5.41) is -10.1. The smallest absolute Gasteiger partial charge is 0.370 e. The number of hydrogen-bond acceptors (Lipinski definition) is 11. The van der Waals surface area contributed by atoms with Crippen molar-refractivity contribution in [2.75, 3.05) is 7.11 Å². The summed E-state index contributed by atoms with van der Waals surface area (Å²) in [7, 11) is -3.40. The van der Waals surface area contributed by atoms with Crippen molar-refractivity contribution >= 4 is 45.2 Å². The second kappa shape index (κ2) is 25.3. The van der Waals surface area contributed by atoms with E-state index in [-0.39, 0.29) is 40.1 Å². The second-order valence-corrected chi connectivity index (χ2v) is 24.8. The molecular formula is C73H48F6O10S3. The molecule has 1 N–H and O–H groups in total. The molecule has 92 heavy (non-hydrogen) atoms. The maximum absolute atomic E-state index is 15.4. The monoisotopic (exact) mass is 1290 g/mol. The Morgan fingerprint density at radius 2 is 0.793 bits per heavy atom. The lowest BCUT2D eigenvalue weighted by Crippen LogP contribution is -2.34. The SMILES string of the molecule is COc1cccc(C2(c3cccc(Oc4ccc(C(=O)c5ccc(Oc6ccc(SC(F)(F)C(F)(F)Sc7ccc(Oc8ccc(Oc9ccc(C(=O)c%10ccc(C)cc%10)cc9)cc8S(=O)(=O)O)cc7F)c(F)c6)cc5)cc4)c3)c3ccccc3-c3ccccc32)c1. The number of halogens is 6. The van der Waals surface area contributed by atoms with E-state index in [0.29, 0.717) is 40.3 Å². The highest BCUT2D eigenvalue weighted by Crippen LogP contribution is 2.58. The molecule has 0 radical (unpaired) electrons. The number of carbonyl (C=O) groups is 2. The summed E-state index contributed by atoms with van der Waals surface area (Å²) in [6.45, 7) is 1.89. The van der Waals surface area contributed by atoms with Gasteiger partial charge in [0.15, 0.2) is 11.6 Å². The van der Waals surface area contributed by atoms with Gasteiger partial charge in [-0.25, -0.2) is 8.78 Å². The highest BCUT2D eigenvalue weighted by atomic mass is 32.2. The van der Waals surface area contributed by atoms with E-state index in [1.807, 2.05) is 61.5 Å². The van der Waals surface area contributed by atoms with Crippen LogP contribution in [0.25, 0.3) is 11.1 Å². The molecule has 0 saturated carbocycles. The van der Waals surface area contributed by atoms with E-state index in [9.17, 15) is 22.6 Å². The first-order valence-electron chi connectivity index (χ1n) is 28.1. The van der Waals surface area contributed by atoms with Gasteiger partial charge in [0.25, 0.3) is 10.1 Å². The molecule has 19 heteroatoms. The number of alkyl halides is 4. The maximum Gasteiger partial charge on any atom is 0.370 e. The predicted octanol–water partition coefficient (Wildman–Crippen LogP) is 19.6. The number of aryl methyl sites for hydroxylation is 1. The summed E-state index contributed by atoms with van der Waals surface area (Å²) in [4.78, 5) is 23.9. The molecule has 460 valence electrons. The summed E-state index contributed by atoms with van der Waals surface area (Å²) in [6.07, 6.45) is 0. The molecule has 11 aromatic carbocycles. The number of ketones is 2. The van der Waals surface area contributed by atoms with Crippen LogP contribution < -0.4 is 23.7 Å². The molecule has 0 atom stereocenters. The van der Waals surface area contributed by atoms with Crippen LogP contribution in [0, 0.1) is 18.6 Å². The summed E-state index contributed by atoms with van der Waals surface area (Å²) in [6, 6.07) is 66.1. The molecule has 0 amide bonds. The van der Waals surface area contributed by atoms with Crippen molar-refractivity contribution in [1.82, 2.24) is 0 Å². The lowest BCUT2D eigenvalue weighted by Gasteiger charge is -2.34. The molecule has 0 bridgehead atoms. The highest BCUT2D eigenvalue weighted by molar-refractivity contribution is 8.04. The van der Waals surface area contributed by atoms with Crippen molar-refractivity contribution in [1.29, 1.82) is 0 Å². The molecule has 0 heterocycles. The molecule has 0 unspecified atom stereocenters. The van der Waals surface area contributed by atoms with Crippen molar-refractivity contribution < 1.29 is 72.6 Å². The number of rotatable bonds is 21. The lowest BCUT2D eigenvalue weighted by molar-refractivity contribution is -0.0835. The van der Waals surface area contributed by atoms with Gasteiger partial charge in [0.2, 0.25) is 0 Å². The van der Waals surface area contributed by atoms with Crippen LogP contribution >= 0.6 is 23.5 Å². The Labute approximate surface area is 532 Å². The van der Waals surface area contributed by atoms with E-state index in [1.165, 1.54) is 54.6 Å². The fourth-order valence-electron chi connectivity index (χ4n) is 10.8. The Morgan fingerprint density at radius 3 is 1.23 bits per heavy atom. The summed E-state index contributed by atoms with van der Waals surface area (Å²) in [5.74, 6) is -2.58. The van der Waals surface area contributed by atoms with Crippen LogP contribution in [-0.4, -0.2) is 42.2 Å². The largest absolute Gasteiger partial charge is 0.497 e. The molecule has 0 aliphatic heterocycles. The Morgan fingerprint density at radius 1 is 0.424 bits per heavy atom. The Hall–Kier alpha value is -10.1.